The molecule has 4 nitrogen and oxygen atoms in total. The van der Waals surface area contributed by atoms with E-state index in [1.54, 1.807) is 0 Å². The molecule has 0 aliphatic carbocycles. The van der Waals surface area contributed by atoms with E-state index < -0.39 is 34.9 Å². The molecule has 0 unspecified atom stereocenters. The number of aromatic carboxylic acids is 2. The number of hydrogen-bond acceptors (Lipinski definition) is 2. The van der Waals surface area contributed by atoms with Gasteiger partial charge in [0.2, 0.25) is 0 Å². The van der Waals surface area contributed by atoms with Crippen LogP contribution in [0.1, 0.15) is 31.8 Å². The quantitative estimate of drug-likeness (QED) is 0.807. The molecule has 8 heteroatoms. The zero-order valence-corrected chi connectivity index (χ0v) is 11.8. The van der Waals surface area contributed by atoms with Crippen molar-refractivity contribution in [1.82, 2.24) is 0 Å². The number of alkyl halides is 4. The second-order valence-corrected chi connectivity index (χ2v) is 4.91. The summed E-state index contributed by atoms with van der Waals surface area (Å²) >= 11 is 0. The van der Waals surface area contributed by atoms with E-state index in [9.17, 15) is 27.2 Å². The predicted molar refractivity (Wildman–Crippen MR) is 74.6 cm³/mol. The SMILES string of the molecule is O=C(O)c1ccc(C(F)(F)C(F)(F)c2ccc(C(=O)O)cc2)cc1. The minimum Gasteiger partial charge on any atom is -0.478 e. The first-order valence-electron chi connectivity index (χ1n) is 6.50. The van der Waals surface area contributed by atoms with Gasteiger partial charge < -0.3 is 10.2 Å². The van der Waals surface area contributed by atoms with E-state index in [-0.39, 0.29) is 11.1 Å². The van der Waals surface area contributed by atoms with Gasteiger partial charge in [-0.15, -0.1) is 0 Å². The van der Waals surface area contributed by atoms with E-state index >= 15 is 0 Å². The number of hydrogen-bond donors (Lipinski definition) is 2. The number of carbonyl (C=O) groups is 2. The monoisotopic (exact) mass is 342 g/mol. The van der Waals surface area contributed by atoms with Crippen LogP contribution in [0.3, 0.4) is 0 Å². The third kappa shape index (κ3) is 2.94. The molecule has 2 aromatic rings. The fourth-order valence-electron chi connectivity index (χ4n) is 2.01. The van der Waals surface area contributed by atoms with Gasteiger partial charge in [0, 0.05) is 11.1 Å². The Morgan fingerprint density at radius 3 is 1.08 bits per heavy atom. The van der Waals surface area contributed by atoms with Crippen LogP contribution in [0.4, 0.5) is 17.6 Å². The molecule has 0 aromatic heterocycles. The van der Waals surface area contributed by atoms with Gasteiger partial charge in [0.25, 0.3) is 0 Å². The fourth-order valence-corrected chi connectivity index (χ4v) is 2.01. The molecule has 0 aliphatic rings. The lowest BCUT2D eigenvalue weighted by molar-refractivity contribution is -0.223. The lowest BCUT2D eigenvalue weighted by Gasteiger charge is -2.27. The van der Waals surface area contributed by atoms with Crippen molar-refractivity contribution in [2.24, 2.45) is 0 Å². The van der Waals surface area contributed by atoms with Crippen LogP contribution < -0.4 is 0 Å². The molecule has 0 amide bonds. The Kier molecular flexibility index (Phi) is 4.33. The van der Waals surface area contributed by atoms with Gasteiger partial charge in [-0.1, -0.05) is 24.3 Å². The zero-order chi connectivity index (χ0) is 18.1. The fraction of sp³-hybridized carbons (Fsp3) is 0.125. The average molecular weight is 342 g/mol. The number of carboxylic acids is 2. The molecule has 0 saturated heterocycles. The summed E-state index contributed by atoms with van der Waals surface area (Å²) in [5.41, 5.74) is -2.74. The second kappa shape index (κ2) is 5.95. The molecule has 0 heterocycles. The summed E-state index contributed by atoms with van der Waals surface area (Å²) < 4.78 is 56.8. The molecule has 0 spiro atoms. The van der Waals surface area contributed by atoms with Crippen molar-refractivity contribution < 1.29 is 37.4 Å². The van der Waals surface area contributed by atoms with Gasteiger partial charge in [-0.3, -0.25) is 0 Å². The minimum atomic E-state index is -4.62. The Balaban J connectivity index is 2.41. The van der Waals surface area contributed by atoms with Crippen LogP contribution in [0.15, 0.2) is 48.5 Å². The molecule has 2 rings (SSSR count). The van der Waals surface area contributed by atoms with E-state index in [1.165, 1.54) is 0 Å². The molecular weight excluding hydrogens is 332 g/mol. The van der Waals surface area contributed by atoms with Crippen molar-refractivity contribution in [1.29, 1.82) is 0 Å². The number of halogens is 4. The normalized spacial score (nSPS) is 12.0. The minimum absolute atomic E-state index is 0.316. The summed E-state index contributed by atoms with van der Waals surface area (Å²) in [6.07, 6.45) is 0. The van der Waals surface area contributed by atoms with Gasteiger partial charge in [-0.05, 0) is 24.3 Å². The van der Waals surface area contributed by atoms with E-state index in [2.05, 4.69) is 0 Å². The third-order valence-corrected chi connectivity index (χ3v) is 3.38. The first-order valence-corrected chi connectivity index (χ1v) is 6.50. The Hall–Kier alpha value is -2.90. The van der Waals surface area contributed by atoms with Crippen molar-refractivity contribution in [2.45, 2.75) is 11.8 Å². The number of benzene rings is 2. The highest BCUT2D eigenvalue weighted by atomic mass is 19.3. The third-order valence-electron chi connectivity index (χ3n) is 3.38. The van der Waals surface area contributed by atoms with Crippen LogP contribution in [-0.2, 0) is 11.8 Å². The molecule has 0 saturated carbocycles. The zero-order valence-electron chi connectivity index (χ0n) is 11.8. The van der Waals surface area contributed by atoms with Gasteiger partial charge in [0.05, 0.1) is 11.1 Å². The van der Waals surface area contributed by atoms with E-state index in [4.69, 9.17) is 10.2 Å². The Morgan fingerprint density at radius 2 is 0.875 bits per heavy atom. The summed E-state index contributed by atoms with van der Waals surface area (Å²) in [7, 11) is 0. The second-order valence-electron chi connectivity index (χ2n) is 4.91. The highest BCUT2D eigenvalue weighted by Gasteiger charge is 2.58. The molecular formula is C16H10F4O4. The molecule has 24 heavy (non-hydrogen) atoms. The lowest BCUT2D eigenvalue weighted by Crippen LogP contribution is -2.35. The summed E-state index contributed by atoms with van der Waals surface area (Å²) in [4.78, 5) is 21.4. The van der Waals surface area contributed by atoms with E-state index in [0.29, 0.717) is 24.3 Å². The molecule has 0 bridgehead atoms. The largest absolute Gasteiger partial charge is 0.478 e. The van der Waals surface area contributed by atoms with Crippen molar-refractivity contribution in [2.75, 3.05) is 0 Å². The lowest BCUT2D eigenvalue weighted by atomic mass is 9.95. The van der Waals surface area contributed by atoms with E-state index in [0.717, 1.165) is 24.3 Å². The summed E-state index contributed by atoms with van der Waals surface area (Å²) in [5, 5.41) is 17.4. The van der Waals surface area contributed by atoms with Crippen molar-refractivity contribution >= 4 is 11.9 Å². The molecule has 2 N–H and O–H groups in total. The number of carboxylic acid groups (broad SMARTS) is 2. The number of rotatable bonds is 5. The van der Waals surface area contributed by atoms with Crippen LogP contribution in [0.25, 0.3) is 0 Å². The maximum atomic E-state index is 14.2. The highest BCUT2D eigenvalue weighted by Crippen LogP contribution is 2.49. The first kappa shape index (κ1) is 17.5. The Bertz CT molecular complexity index is 700. The molecule has 0 fully saturated rings. The highest BCUT2D eigenvalue weighted by molar-refractivity contribution is 5.88. The van der Waals surface area contributed by atoms with Crippen molar-refractivity contribution in [3.05, 3.63) is 70.8 Å². The smallest absolute Gasteiger partial charge is 0.339 e. The van der Waals surface area contributed by atoms with E-state index in [1.807, 2.05) is 0 Å². The Labute approximate surface area is 133 Å². The summed E-state index contributed by atoms with van der Waals surface area (Å²) in [6, 6.07) is 5.66. The van der Waals surface area contributed by atoms with Crippen molar-refractivity contribution in [3.8, 4) is 0 Å². The standard InChI is InChI=1S/C16H10F4O4/c17-15(18,11-5-1-9(2-6-11)13(21)22)16(19,20)12-7-3-10(4-8-12)14(23)24/h1-8H,(H,21,22)(H,23,24). The van der Waals surface area contributed by atoms with Crippen LogP contribution in [0.5, 0.6) is 0 Å². The Morgan fingerprint density at radius 1 is 0.625 bits per heavy atom. The molecule has 126 valence electrons. The summed E-state index contributed by atoms with van der Waals surface area (Å²) in [6.45, 7) is 0. The van der Waals surface area contributed by atoms with Crippen LogP contribution in [0, 0.1) is 0 Å². The molecule has 0 radical (unpaired) electrons. The topological polar surface area (TPSA) is 74.6 Å². The van der Waals surface area contributed by atoms with Crippen molar-refractivity contribution in [3.63, 3.8) is 0 Å². The predicted octanol–water partition coefficient (Wildman–Crippen LogP) is 3.97. The first-order chi connectivity index (χ1) is 11.1. The molecule has 2 aromatic carbocycles. The maximum Gasteiger partial charge on any atom is 0.339 e. The average Bonchev–Trinajstić information content (AvgIpc) is 2.54. The maximum absolute atomic E-state index is 14.2. The van der Waals surface area contributed by atoms with Crippen LogP contribution in [-0.4, -0.2) is 22.2 Å². The molecule has 0 aliphatic heterocycles. The van der Waals surface area contributed by atoms with Crippen LogP contribution in [0.2, 0.25) is 0 Å². The van der Waals surface area contributed by atoms with Gasteiger partial charge in [-0.25, -0.2) is 9.59 Å². The van der Waals surface area contributed by atoms with Gasteiger partial charge in [-0.2, -0.15) is 17.6 Å². The van der Waals surface area contributed by atoms with Gasteiger partial charge in [0.15, 0.2) is 0 Å². The molecule has 0 atom stereocenters. The van der Waals surface area contributed by atoms with Crippen LogP contribution >= 0.6 is 0 Å². The van der Waals surface area contributed by atoms with Gasteiger partial charge >= 0.3 is 23.8 Å². The summed E-state index contributed by atoms with van der Waals surface area (Å²) in [5.74, 6) is -12.0. The van der Waals surface area contributed by atoms with Gasteiger partial charge in [0.1, 0.15) is 0 Å².